The monoisotopic (exact) mass is 359 g/mol. The fraction of sp³-hybridized carbons (Fsp3) is 0.650. The summed E-state index contributed by atoms with van der Waals surface area (Å²) in [6.07, 6.45) is 4.90. The van der Waals surface area contributed by atoms with Crippen molar-refractivity contribution in [1.29, 1.82) is 0 Å². The molecule has 2 saturated carbocycles. The van der Waals surface area contributed by atoms with E-state index >= 15 is 0 Å². The van der Waals surface area contributed by atoms with Crippen LogP contribution in [0, 0.1) is 5.92 Å². The molecule has 0 spiro atoms. The minimum atomic E-state index is 0.0732. The first kappa shape index (κ1) is 17.5. The molecule has 2 amide bonds. The molecule has 2 aliphatic carbocycles. The number of fused-ring (bicyclic) bond motifs is 1. The third kappa shape index (κ3) is 3.34. The third-order valence-corrected chi connectivity index (χ3v) is 6.04. The van der Waals surface area contributed by atoms with Gasteiger partial charge in [0, 0.05) is 38.3 Å². The van der Waals surface area contributed by atoms with Crippen LogP contribution >= 0.6 is 0 Å². The Kier molecular flexibility index (Phi) is 4.69. The number of benzene rings is 1. The number of hydrogen-bond acceptors (Lipinski definition) is 4. The Hall–Kier alpha value is -1.95. The predicted molar refractivity (Wildman–Crippen MR) is 99.6 cm³/mol. The molecular weight excluding hydrogens is 330 g/mol. The largest absolute Gasteiger partial charge is 0.493 e. The number of carbonyl (C=O) groups is 1. The molecule has 0 radical (unpaired) electrons. The van der Waals surface area contributed by atoms with Crippen molar-refractivity contribution in [3.8, 4) is 11.5 Å². The zero-order chi connectivity index (χ0) is 18.3. The van der Waals surface area contributed by atoms with Gasteiger partial charge in [0.05, 0.1) is 14.2 Å². The van der Waals surface area contributed by atoms with E-state index in [0.717, 1.165) is 24.6 Å². The predicted octanol–water partition coefficient (Wildman–Crippen LogP) is 2.47. The van der Waals surface area contributed by atoms with Crippen LogP contribution < -0.4 is 14.8 Å². The summed E-state index contributed by atoms with van der Waals surface area (Å²) in [6, 6.07) is 7.81. The average Bonchev–Trinajstić information content (AvgIpc) is 3.57. The van der Waals surface area contributed by atoms with Gasteiger partial charge in [-0.3, -0.25) is 4.90 Å². The van der Waals surface area contributed by atoms with Crippen LogP contribution in [0.15, 0.2) is 18.2 Å². The van der Waals surface area contributed by atoms with Gasteiger partial charge in [0.2, 0.25) is 0 Å². The van der Waals surface area contributed by atoms with Gasteiger partial charge in [-0.25, -0.2) is 4.79 Å². The van der Waals surface area contributed by atoms with Crippen LogP contribution in [0.25, 0.3) is 0 Å². The summed E-state index contributed by atoms with van der Waals surface area (Å²) in [5.74, 6) is 2.22. The van der Waals surface area contributed by atoms with E-state index in [1.165, 1.54) is 31.2 Å². The Morgan fingerprint density at radius 1 is 1.19 bits per heavy atom. The van der Waals surface area contributed by atoms with E-state index in [9.17, 15) is 4.79 Å². The number of carbonyl (C=O) groups excluding carboxylic acids is 1. The molecule has 1 heterocycles. The van der Waals surface area contributed by atoms with Gasteiger partial charge in [-0.2, -0.15) is 0 Å². The van der Waals surface area contributed by atoms with Crippen LogP contribution in [0.1, 0.15) is 31.2 Å². The lowest BCUT2D eigenvalue weighted by atomic mass is 10.0. The minimum Gasteiger partial charge on any atom is -0.493 e. The van der Waals surface area contributed by atoms with Crippen LogP contribution in [0.4, 0.5) is 4.79 Å². The number of piperidine rings is 1. The van der Waals surface area contributed by atoms with Crippen molar-refractivity contribution >= 4 is 6.03 Å². The van der Waals surface area contributed by atoms with Gasteiger partial charge < -0.3 is 19.7 Å². The number of urea groups is 1. The topological polar surface area (TPSA) is 54.0 Å². The molecule has 1 aromatic carbocycles. The van der Waals surface area contributed by atoms with Crippen LogP contribution in [0.2, 0.25) is 0 Å². The number of rotatable bonds is 6. The molecular formula is C20H29N3O3. The van der Waals surface area contributed by atoms with E-state index in [0.29, 0.717) is 24.0 Å². The van der Waals surface area contributed by atoms with E-state index in [1.807, 2.05) is 6.07 Å². The van der Waals surface area contributed by atoms with E-state index < -0.39 is 0 Å². The van der Waals surface area contributed by atoms with Crippen molar-refractivity contribution in [2.45, 2.75) is 50.4 Å². The number of hydrogen-bond donors (Lipinski definition) is 1. The molecule has 3 aliphatic rings. The van der Waals surface area contributed by atoms with Crippen LogP contribution in [0.3, 0.4) is 0 Å². The normalized spacial score (nSPS) is 27.1. The maximum atomic E-state index is 12.2. The van der Waals surface area contributed by atoms with Gasteiger partial charge in [0.1, 0.15) is 0 Å². The van der Waals surface area contributed by atoms with Gasteiger partial charge in [-0.05, 0) is 49.3 Å². The lowest BCUT2D eigenvalue weighted by Crippen LogP contribution is -2.53. The summed E-state index contributed by atoms with van der Waals surface area (Å²) >= 11 is 0. The highest BCUT2D eigenvalue weighted by atomic mass is 16.5. The number of nitrogens with zero attached hydrogens (tertiary/aromatic N) is 2. The summed E-state index contributed by atoms with van der Waals surface area (Å²) < 4.78 is 10.8. The summed E-state index contributed by atoms with van der Waals surface area (Å²) in [7, 11) is 5.07. The third-order valence-electron chi connectivity index (χ3n) is 6.04. The zero-order valence-corrected chi connectivity index (χ0v) is 15.9. The van der Waals surface area contributed by atoms with Crippen LogP contribution in [-0.2, 0) is 6.54 Å². The lowest BCUT2D eigenvalue weighted by Gasteiger charge is -2.39. The molecule has 3 unspecified atom stereocenters. The Morgan fingerprint density at radius 2 is 1.96 bits per heavy atom. The summed E-state index contributed by atoms with van der Waals surface area (Å²) in [6.45, 7) is 1.74. The van der Waals surface area contributed by atoms with E-state index in [-0.39, 0.29) is 6.03 Å². The second-order valence-corrected chi connectivity index (χ2v) is 7.75. The van der Waals surface area contributed by atoms with Crippen molar-refractivity contribution in [2.75, 3.05) is 27.8 Å². The second-order valence-electron chi connectivity index (χ2n) is 7.75. The molecule has 1 aliphatic heterocycles. The molecule has 142 valence electrons. The van der Waals surface area contributed by atoms with Crippen molar-refractivity contribution in [3.05, 3.63) is 23.8 Å². The summed E-state index contributed by atoms with van der Waals surface area (Å²) in [5.41, 5.74) is 1.24. The molecule has 6 heteroatoms. The Balaban J connectivity index is 1.51. The van der Waals surface area contributed by atoms with Gasteiger partial charge in [-0.1, -0.05) is 6.07 Å². The lowest BCUT2D eigenvalue weighted by molar-refractivity contribution is 0.0942. The number of amides is 2. The molecule has 26 heavy (non-hydrogen) atoms. The van der Waals surface area contributed by atoms with Crippen molar-refractivity contribution in [3.63, 3.8) is 0 Å². The molecule has 1 aromatic rings. The quantitative estimate of drug-likeness (QED) is 0.848. The average molecular weight is 359 g/mol. The SMILES string of the molecule is CNC(=O)N1CC(N(Cc2ccc(OC)c(OC)c2)C2CC2)CC2CC21. The van der Waals surface area contributed by atoms with Gasteiger partial charge in [0.15, 0.2) is 11.5 Å². The highest BCUT2D eigenvalue weighted by molar-refractivity contribution is 5.75. The van der Waals surface area contributed by atoms with E-state index in [2.05, 4.69) is 27.2 Å². The molecule has 6 nitrogen and oxygen atoms in total. The fourth-order valence-corrected chi connectivity index (χ4v) is 4.42. The van der Waals surface area contributed by atoms with Crippen LogP contribution in [-0.4, -0.2) is 61.8 Å². The van der Waals surface area contributed by atoms with Crippen LogP contribution in [0.5, 0.6) is 11.5 Å². The highest BCUT2D eigenvalue weighted by Crippen LogP contribution is 2.46. The molecule has 1 N–H and O–H groups in total. The molecule has 3 fully saturated rings. The fourth-order valence-electron chi connectivity index (χ4n) is 4.42. The van der Waals surface area contributed by atoms with Gasteiger partial charge >= 0.3 is 6.03 Å². The highest BCUT2D eigenvalue weighted by Gasteiger charge is 2.51. The first-order chi connectivity index (χ1) is 12.6. The smallest absolute Gasteiger partial charge is 0.317 e. The molecule has 3 atom stereocenters. The second kappa shape index (κ2) is 6.99. The van der Waals surface area contributed by atoms with Crippen molar-refractivity contribution in [1.82, 2.24) is 15.1 Å². The molecule has 0 bridgehead atoms. The summed E-state index contributed by atoms with van der Waals surface area (Å²) in [5, 5.41) is 2.81. The van der Waals surface area contributed by atoms with Gasteiger partial charge in [0.25, 0.3) is 0 Å². The van der Waals surface area contributed by atoms with Crippen molar-refractivity contribution < 1.29 is 14.3 Å². The number of methoxy groups -OCH3 is 2. The first-order valence-corrected chi connectivity index (χ1v) is 9.59. The number of likely N-dealkylation sites (tertiary alicyclic amines) is 1. The molecule has 1 saturated heterocycles. The molecule has 0 aromatic heterocycles. The standard InChI is InChI=1S/C20H29N3O3/c1-21-20(24)23-12-16(9-14-10-17(14)23)22(15-5-6-15)11-13-4-7-18(25-2)19(8-13)26-3/h4,7-8,14-17H,5-6,9-12H2,1-3H3,(H,21,24). The maximum absolute atomic E-state index is 12.2. The Bertz CT molecular complexity index is 676. The number of nitrogens with one attached hydrogen (secondary N) is 1. The Labute approximate surface area is 155 Å². The van der Waals surface area contributed by atoms with Crippen molar-refractivity contribution in [2.24, 2.45) is 5.92 Å². The first-order valence-electron chi connectivity index (χ1n) is 9.59. The summed E-state index contributed by atoms with van der Waals surface area (Å²) in [4.78, 5) is 16.9. The zero-order valence-electron chi connectivity index (χ0n) is 15.9. The number of ether oxygens (including phenoxy) is 2. The van der Waals surface area contributed by atoms with E-state index in [1.54, 1.807) is 21.3 Å². The Morgan fingerprint density at radius 3 is 2.62 bits per heavy atom. The van der Waals surface area contributed by atoms with E-state index in [4.69, 9.17) is 9.47 Å². The molecule has 4 rings (SSSR count). The maximum Gasteiger partial charge on any atom is 0.317 e. The minimum absolute atomic E-state index is 0.0732. The van der Waals surface area contributed by atoms with Gasteiger partial charge in [-0.15, -0.1) is 0 Å².